The molecule has 1 saturated heterocycles. The van der Waals surface area contributed by atoms with Crippen LogP contribution in [0.2, 0.25) is 0 Å². The fourth-order valence-electron chi connectivity index (χ4n) is 2.79. The van der Waals surface area contributed by atoms with Crippen molar-refractivity contribution in [2.24, 2.45) is 0 Å². The zero-order chi connectivity index (χ0) is 18.7. The molecule has 2 aromatic rings. The summed E-state index contributed by atoms with van der Waals surface area (Å²) in [5.74, 6) is 0.774. The van der Waals surface area contributed by atoms with Crippen LogP contribution < -0.4 is 20.7 Å². The smallest absolute Gasteiger partial charge is 0.319 e. The molecule has 0 bridgehead atoms. The average molecular weight is 370 g/mol. The molecule has 1 aliphatic heterocycles. The van der Waals surface area contributed by atoms with Gasteiger partial charge in [0.15, 0.2) is 0 Å². The Morgan fingerprint density at radius 1 is 1.15 bits per heavy atom. The number of anilines is 2. The number of amides is 2. The number of benzene rings is 1. The summed E-state index contributed by atoms with van der Waals surface area (Å²) in [5.41, 5.74) is 1.64. The number of hydrogen-bond donors (Lipinski definition) is 3. The maximum atomic E-state index is 11.9. The summed E-state index contributed by atoms with van der Waals surface area (Å²) in [7, 11) is 0. The van der Waals surface area contributed by atoms with E-state index < -0.39 is 0 Å². The molecule has 1 atom stereocenters. The van der Waals surface area contributed by atoms with E-state index >= 15 is 0 Å². The van der Waals surface area contributed by atoms with E-state index in [0.717, 1.165) is 30.9 Å². The molecular formula is C20H26N4O3. The third-order valence-electron chi connectivity index (χ3n) is 4.22. The average Bonchev–Trinajstić information content (AvgIpc) is 2.72. The summed E-state index contributed by atoms with van der Waals surface area (Å²) in [6.45, 7) is 2.51. The van der Waals surface area contributed by atoms with E-state index in [1.54, 1.807) is 12.4 Å². The third-order valence-corrected chi connectivity index (χ3v) is 4.22. The van der Waals surface area contributed by atoms with E-state index in [9.17, 15) is 4.79 Å². The van der Waals surface area contributed by atoms with Gasteiger partial charge in [-0.3, -0.25) is 4.98 Å². The minimum Gasteiger partial charge on any atom is -0.491 e. The van der Waals surface area contributed by atoms with Crippen LogP contribution in [0.15, 0.2) is 48.8 Å². The molecule has 2 heterocycles. The molecule has 1 aromatic carbocycles. The molecule has 7 nitrogen and oxygen atoms in total. The molecule has 0 spiro atoms. The third kappa shape index (κ3) is 6.79. The summed E-state index contributed by atoms with van der Waals surface area (Å²) in [5, 5.41) is 8.79. The van der Waals surface area contributed by atoms with Gasteiger partial charge in [-0.05, 0) is 55.7 Å². The number of carbonyl (C=O) groups is 1. The highest BCUT2D eigenvalue weighted by Gasteiger charge is 2.14. The first-order valence-corrected chi connectivity index (χ1v) is 9.33. The Kier molecular flexibility index (Phi) is 7.29. The van der Waals surface area contributed by atoms with Gasteiger partial charge in [0.05, 0.1) is 11.8 Å². The zero-order valence-corrected chi connectivity index (χ0v) is 15.3. The molecule has 0 aliphatic carbocycles. The van der Waals surface area contributed by atoms with E-state index in [4.69, 9.17) is 9.47 Å². The fourth-order valence-corrected chi connectivity index (χ4v) is 2.79. The van der Waals surface area contributed by atoms with Crippen LogP contribution >= 0.6 is 0 Å². The minimum atomic E-state index is -0.243. The number of ether oxygens (including phenoxy) is 2. The molecule has 2 amide bonds. The number of pyridine rings is 1. The molecule has 1 unspecified atom stereocenters. The van der Waals surface area contributed by atoms with E-state index in [1.807, 2.05) is 36.4 Å². The lowest BCUT2D eigenvalue weighted by molar-refractivity contribution is -0.0110. The van der Waals surface area contributed by atoms with Crippen LogP contribution in [0.25, 0.3) is 0 Å². The van der Waals surface area contributed by atoms with Gasteiger partial charge in [0, 0.05) is 37.8 Å². The van der Waals surface area contributed by atoms with Crippen molar-refractivity contribution in [3.8, 4) is 5.75 Å². The summed E-state index contributed by atoms with van der Waals surface area (Å²) in [6.07, 6.45) is 7.03. The van der Waals surface area contributed by atoms with Crippen molar-refractivity contribution in [3.05, 3.63) is 48.8 Å². The summed E-state index contributed by atoms with van der Waals surface area (Å²) in [6, 6.07) is 10.9. The highest BCUT2D eigenvalue weighted by molar-refractivity contribution is 5.89. The van der Waals surface area contributed by atoms with Gasteiger partial charge in [-0.25, -0.2) is 4.79 Å². The monoisotopic (exact) mass is 370 g/mol. The predicted octanol–water partition coefficient (Wildman–Crippen LogP) is 3.26. The molecule has 1 fully saturated rings. The number of rotatable bonds is 8. The number of carbonyl (C=O) groups excluding carboxylic acids is 1. The Bertz CT molecular complexity index is 688. The van der Waals surface area contributed by atoms with Crippen molar-refractivity contribution >= 4 is 17.4 Å². The highest BCUT2D eigenvalue weighted by atomic mass is 16.5. The maximum absolute atomic E-state index is 11.9. The van der Waals surface area contributed by atoms with E-state index in [2.05, 4.69) is 20.9 Å². The van der Waals surface area contributed by atoms with Gasteiger partial charge in [-0.1, -0.05) is 0 Å². The molecule has 1 aromatic heterocycles. The number of aromatic nitrogens is 1. The Morgan fingerprint density at radius 2 is 2.04 bits per heavy atom. The minimum absolute atomic E-state index is 0.183. The molecular weight excluding hydrogens is 344 g/mol. The van der Waals surface area contributed by atoms with Crippen LogP contribution in [0.1, 0.15) is 19.3 Å². The Hall–Kier alpha value is -2.80. The van der Waals surface area contributed by atoms with Crippen molar-refractivity contribution in [2.75, 3.05) is 36.9 Å². The highest BCUT2D eigenvalue weighted by Crippen LogP contribution is 2.18. The van der Waals surface area contributed by atoms with Gasteiger partial charge in [-0.15, -0.1) is 0 Å². The quantitative estimate of drug-likeness (QED) is 0.621. The molecule has 3 rings (SSSR count). The van der Waals surface area contributed by atoms with E-state index in [-0.39, 0.29) is 12.1 Å². The lowest BCUT2D eigenvalue weighted by Crippen LogP contribution is -2.32. The van der Waals surface area contributed by atoms with Crippen molar-refractivity contribution in [1.29, 1.82) is 0 Å². The summed E-state index contributed by atoms with van der Waals surface area (Å²) < 4.78 is 11.4. The van der Waals surface area contributed by atoms with Crippen LogP contribution in [0.4, 0.5) is 16.2 Å². The van der Waals surface area contributed by atoms with Gasteiger partial charge >= 0.3 is 6.03 Å². The van der Waals surface area contributed by atoms with Crippen molar-refractivity contribution < 1.29 is 14.3 Å². The zero-order valence-electron chi connectivity index (χ0n) is 15.3. The summed E-state index contributed by atoms with van der Waals surface area (Å²) in [4.78, 5) is 16.0. The second kappa shape index (κ2) is 10.4. The molecule has 7 heteroatoms. The van der Waals surface area contributed by atoms with Gasteiger partial charge < -0.3 is 25.4 Å². The Morgan fingerprint density at radius 3 is 2.78 bits per heavy atom. The van der Waals surface area contributed by atoms with Crippen molar-refractivity contribution in [2.45, 2.75) is 25.4 Å². The standard InChI is InChI=1S/C20H26N4O3/c25-20(23-12-11-22-17-4-3-10-21-14-17)24-16-6-8-18(9-7-16)27-15-19-5-1-2-13-26-19/h3-4,6-10,14,19,22H,1-2,5,11-13,15H2,(H2,23,24,25). The molecule has 0 saturated carbocycles. The number of hydrogen-bond acceptors (Lipinski definition) is 5. The van der Waals surface area contributed by atoms with Gasteiger partial charge in [-0.2, -0.15) is 0 Å². The first kappa shape index (κ1) is 19.0. The van der Waals surface area contributed by atoms with Crippen LogP contribution in [0.3, 0.4) is 0 Å². The molecule has 144 valence electrons. The largest absolute Gasteiger partial charge is 0.491 e. The predicted molar refractivity (Wildman–Crippen MR) is 105 cm³/mol. The summed E-state index contributed by atoms with van der Waals surface area (Å²) >= 11 is 0. The van der Waals surface area contributed by atoms with Crippen molar-refractivity contribution in [3.63, 3.8) is 0 Å². The van der Waals surface area contributed by atoms with E-state index in [1.165, 1.54) is 6.42 Å². The van der Waals surface area contributed by atoms with E-state index in [0.29, 0.717) is 25.4 Å². The lowest BCUT2D eigenvalue weighted by Gasteiger charge is -2.22. The molecule has 1 aliphatic rings. The lowest BCUT2D eigenvalue weighted by atomic mass is 10.1. The van der Waals surface area contributed by atoms with Crippen LogP contribution in [0, 0.1) is 0 Å². The SMILES string of the molecule is O=C(NCCNc1cccnc1)Nc1ccc(OCC2CCCCO2)cc1. The van der Waals surface area contributed by atoms with Crippen LogP contribution in [-0.4, -0.2) is 43.4 Å². The first-order chi connectivity index (χ1) is 13.3. The Labute approximate surface area is 159 Å². The first-order valence-electron chi connectivity index (χ1n) is 9.33. The Balaban J connectivity index is 1.33. The second-order valence-corrected chi connectivity index (χ2v) is 6.37. The van der Waals surface area contributed by atoms with Crippen LogP contribution in [0.5, 0.6) is 5.75 Å². The molecule has 0 radical (unpaired) electrons. The number of nitrogens with zero attached hydrogens (tertiary/aromatic N) is 1. The topological polar surface area (TPSA) is 84.5 Å². The maximum Gasteiger partial charge on any atom is 0.319 e. The van der Waals surface area contributed by atoms with Gasteiger partial charge in [0.1, 0.15) is 12.4 Å². The van der Waals surface area contributed by atoms with Gasteiger partial charge in [0.2, 0.25) is 0 Å². The number of nitrogens with one attached hydrogen (secondary N) is 3. The fraction of sp³-hybridized carbons (Fsp3) is 0.400. The second-order valence-electron chi connectivity index (χ2n) is 6.37. The molecule has 3 N–H and O–H groups in total. The van der Waals surface area contributed by atoms with Crippen LogP contribution in [-0.2, 0) is 4.74 Å². The normalized spacial score (nSPS) is 16.4. The van der Waals surface area contributed by atoms with Gasteiger partial charge in [0.25, 0.3) is 0 Å². The molecule has 27 heavy (non-hydrogen) atoms. The van der Waals surface area contributed by atoms with Crippen molar-refractivity contribution in [1.82, 2.24) is 10.3 Å². The number of urea groups is 1.